The maximum atomic E-state index is 12.3. The number of hydrogen-bond acceptors (Lipinski definition) is 5. The topological polar surface area (TPSA) is 87.2 Å². The Morgan fingerprint density at radius 1 is 1.52 bits per heavy atom. The molecule has 3 rings (SSSR count). The van der Waals surface area contributed by atoms with Crippen molar-refractivity contribution in [3.05, 3.63) is 24.0 Å². The molecule has 1 aliphatic rings. The SMILES string of the molecule is CCCOC(=O)c1cnc2[nH]ccc2c1NC1CC(O)CC1C. The Hall–Kier alpha value is -2.08. The molecule has 2 heterocycles. The Kier molecular flexibility index (Phi) is 4.52. The third kappa shape index (κ3) is 3.17. The van der Waals surface area contributed by atoms with E-state index in [4.69, 9.17) is 4.74 Å². The summed E-state index contributed by atoms with van der Waals surface area (Å²) in [5, 5.41) is 14.2. The molecule has 23 heavy (non-hydrogen) atoms. The number of aromatic amines is 1. The average molecular weight is 317 g/mol. The molecule has 2 aromatic heterocycles. The third-order valence-electron chi connectivity index (χ3n) is 4.43. The predicted molar refractivity (Wildman–Crippen MR) is 88.5 cm³/mol. The normalized spacial score (nSPS) is 24.0. The second kappa shape index (κ2) is 6.58. The molecule has 0 aliphatic heterocycles. The number of aliphatic hydroxyl groups is 1. The summed E-state index contributed by atoms with van der Waals surface area (Å²) in [5.41, 5.74) is 1.91. The van der Waals surface area contributed by atoms with E-state index in [1.54, 1.807) is 12.4 Å². The highest BCUT2D eigenvalue weighted by Crippen LogP contribution is 2.33. The number of aromatic nitrogens is 2. The average Bonchev–Trinajstić information content (AvgIpc) is 3.11. The number of fused-ring (bicyclic) bond motifs is 1. The molecule has 3 unspecified atom stereocenters. The number of H-pyrrole nitrogens is 1. The summed E-state index contributed by atoms with van der Waals surface area (Å²) in [6.07, 6.45) is 5.29. The van der Waals surface area contributed by atoms with Crippen molar-refractivity contribution >= 4 is 22.7 Å². The van der Waals surface area contributed by atoms with Gasteiger partial charge in [-0.15, -0.1) is 0 Å². The van der Waals surface area contributed by atoms with Crippen molar-refractivity contribution < 1.29 is 14.6 Å². The van der Waals surface area contributed by atoms with Crippen LogP contribution in [0.1, 0.15) is 43.5 Å². The van der Waals surface area contributed by atoms with Crippen LogP contribution >= 0.6 is 0 Å². The summed E-state index contributed by atoms with van der Waals surface area (Å²) >= 11 is 0. The number of carbonyl (C=O) groups excluding carboxylic acids is 1. The van der Waals surface area contributed by atoms with Crippen LogP contribution in [0.5, 0.6) is 0 Å². The van der Waals surface area contributed by atoms with Crippen LogP contribution in [0.2, 0.25) is 0 Å². The zero-order valence-electron chi connectivity index (χ0n) is 13.5. The maximum absolute atomic E-state index is 12.3. The van der Waals surface area contributed by atoms with Gasteiger partial charge in [0.05, 0.1) is 18.4 Å². The quantitative estimate of drug-likeness (QED) is 0.738. The van der Waals surface area contributed by atoms with Crippen molar-refractivity contribution in [2.45, 2.75) is 45.3 Å². The fourth-order valence-electron chi connectivity index (χ4n) is 3.19. The lowest BCUT2D eigenvalue weighted by atomic mass is 10.0. The van der Waals surface area contributed by atoms with Crippen molar-refractivity contribution in [3.63, 3.8) is 0 Å². The first-order chi connectivity index (χ1) is 11.1. The lowest BCUT2D eigenvalue weighted by Gasteiger charge is -2.21. The van der Waals surface area contributed by atoms with Gasteiger partial charge in [0, 0.05) is 23.8 Å². The van der Waals surface area contributed by atoms with Crippen LogP contribution in [0.25, 0.3) is 11.0 Å². The Labute approximate surface area is 135 Å². The van der Waals surface area contributed by atoms with E-state index in [2.05, 4.69) is 22.2 Å². The standard InChI is InChI=1S/C17H23N3O3/c1-3-6-23-17(22)13-9-19-16-12(4-5-18-16)15(13)20-14-8-11(21)7-10(14)2/h4-5,9-11,14,21H,3,6-8H2,1-2H3,(H2,18,19,20). The van der Waals surface area contributed by atoms with E-state index in [9.17, 15) is 9.90 Å². The van der Waals surface area contributed by atoms with Gasteiger partial charge in [-0.05, 0) is 31.2 Å². The van der Waals surface area contributed by atoms with Crippen LogP contribution in [0.4, 0.5) is 5.69 Å². The lowest BCUT2D eigenvalue weighted by Crippen LogP contribution is -2.24. The number of rotatable bonds is 5. The molecule has 0 amide bonds. The zero-order valence-corrected chi connectivity index (χ0v) is 13.5. The highest BCUT2D eigenvalue weighted by atomic mass is 16.5. The van der Waals surface area contributed by atoms with E-state index < -0.39 is 0 Å². The number of carbonyl (C=O) groups is 1. The lowest BCUT2D eigenvalue weighted by molar-refractivity contribution is 0.0506. The third-order valence-corrected chi connectivity index (χ3v) is 4.43. The molecular formula is C17H23N3O3. The van der Waals surface area contributed by atoms with E-state index in [0.717, 1.165) is 29.6 Å². The number of hydrogen-bond donors (Lipinski definition) is 3. The first kappa shape index (κ1) is 15.8. The summed E-state index contributed by atoms with van der Waals surface area (Å²) < 4.78 is 5.28. The van der Waals surface area contributed by atoms with Gasteiger partial charge in [-0.25, -0.2) is 9.78 Å². The first-order valence-electron chi connectivity index (χ1n) is 8.18. The van der Waals surface area contributed by atoms with E-state index in [1.807, 2.05) is 13.0 Å². The molecule has 6 heteroatoms. The van der Waals surface area contributed by atoms with Gasteiger partial charge in [-0.1, -0.05) is 13.8 Å². The molecule has 2 aromatic rings. The van der Waals surface area contributed by atoms with Gasteiger partial charge in [0.25, 0.3) is 0 Å². The number of pyridine rings is 1. The van der Waals surface area contributed by atoms with Crippen LogP contribution in [0.15, 0.2) is 18.5 Å². The van der Waals surface area contributed by atoms with E-state index in [1.165, 1.54) is 0 Å². The largest absolute Gasteiger partial charge is 0.462 e. The molecule has 0 saturated heterocycles. The van der Waals surface area contributed by atoms with Gasteiger partial charge in [0.1, 0.15) is 11.2 Å². The Bertz CT molecular complexity index is 697. The van der Waals surface area contributed by atoms with Gasteiger partial charge in [0.15, 0.2) is 0 Å². The van der Waals surface area contributed by atoms with Crippen molar-refractivity contribution in [3.8, 4) is 0 Å². The molecule has 1 aliphatic carbocycles. The molecule has 1 fully saturated rings. The van der Waals surface area contributed by atoms with Gasteiger partial charge in [-0.3, -0.25) is 0 Å². The zero-order chi connectivity index (χ0) is 16.4. The molecule has 0 radical (unpaired) electrons. The molecule has 1 saturated carbocycles. The molecular weight excluding hydrogens is 294 g/mol. The van der Waals surface area contributed by atoms with E-state index >= 15 is 0 Å². The van der Waals surface area contributed by atoms with Gasteiger partial charge in [-0.2, -0.15) is 0 Å². The minimum absolute atomic E-state index is 0.128. The molecule has 6 nitrogen and oxygen atoms in total. The van der Waals surface area contributed by atoms with Crippen molar-refractivity contribution in [1.82, 2.24) is 9.97 Å². The number of aliphatic hydroxyl groups excluding tert-OH is 1. The van der Waals surface area contributed by atoms with Crippen molar-refractivity contribution in [2.75, 3.05) is 11.9 Å². The summed E-state index contributed by atoms with van der Waals surface area (Å²) in [5.74, 6) is -0.0252. The molecule has 0 aromatic carbocycles. The number of anilines is 1. The molecule has 3 atom stereocenters. The van der Waals surface area contributed by atoms with Crippen LogP contribution in [0, 0.1) is 5.92 Å². The minimum atomic E-state index is -0.365. The smallest absolute Gasteiger partial charge is 0.341 e. The number of ether oxygens (including phenoxy) is 1. The van der Waals surface area contributed by atoms with E-state index in [-0.39, 0.29) is 18.1 Å². The summed E-state index contributed by atoms with van der Waals surface area (Å²) in [7, 11) is 0. The van der Waals surface area contributed by atoms with Gasteiger partial charge < -0.3 is 20.1 Å². The Balaban J connectivity index is 1.95. The number of nitrogens with one attached hydrogen (secondary N) is 2. The molecule has 0 spiro atoms. The maximum Gasteiger partial charge on any atom is 0.341 e. The van der Waals surface area contributed by atoms with E-state index in [0.29, 0.717) is 24.5 Å². The highest BCUT2D eigenvalue weighted by Gasteiger charge is 2.31. The molecule has 3 N–H and O–H groups in total. The predicted octanol–water partition coefficient (Wildman–Crippen LogP) is 2.70. The summed E-state index contributed by atoms with van der Waals surface area (Å²) in [6.45, 7) is 4.46. The van der Waals surface area contributed by atoms with Crippen molar-refractivity contribution in [2.24, 2.45) is 5.92 Å². The summed E-state index contributed by atoms with van der Waals surface area (Å²) in [4.78, 5) is 19.7. The second-order valence-corrected chi connectivity index (χ2v) is 6.28. The van der Waals surface area contributed by atoms with Crippen molar-refractivity contribution in [1.29, 1.82) is 0 Å². The fraction of sp³-hybridized carbons (Fsp3) is 0.529. The first-order valence-corrected chi connectivity index (χ1v) is 8.18. The molecule has 0 bridgehead atoms. The van der Waals surface area contributed by atoms with Crippen LogP contribution in [-0.2, 0) is 4.74 Å². The number of nitrogens with zero attached hydrogens (tertiary/aromatic N) is 1. The Morgan fingerprint density at radius 3 is 3.04 bits per heavy atom. The van der Waals surface area contributed by atoms with Gasteiger partial charge in [0.2, 0.25) is 0 Å². The fourth-order valence-corrected chi connectivity index (χ4v) is 3.19. The number of esters is 1. The highest BCUT2D eigenvalue weighted by molar-refractivity contribution is 6.04. The van der Waals surface area contributed by atoms with Crippen LogP contribution in [0.3, 0.4) is 0 Å². The van der Waals surface area contributed by atoms with Gasteiger partial charge >= 0.3 is 5.97 Å². The Morgan fingerprint density at radius 2 is 2.35 bits per heavy atom. The monoisotopic (exact) mass is 317 g/mol. The second-order valence-electron chi connectivity index (χ2n) is 6.28. The van der Waals surface area contributed by atoms with Crippen LogP contribution < -0.4 is 5.32 Å². The minimum Gasteiger partial charge on any atom is -0.462 e. The molecule has 124 valence electrons. The van der Waals surface area contributed by atoms with Crippen LogP contribution in [-0.4, -0.2) is 39.8 Å². The summed E-state index contributed by atoms with van der Waals surface area (Å²) in [6, 6.07) is 2.03.